The molecule has 1 aromatic carbocycles. The van der Waals surface area contributed by atoms with Gasteiger partial charge in [-0.2, -0.15) is 0 Å². The molecule has 7 nitrogen and oxygen atoms in total. The van der Waals surface area contributed by atoms with E-state index >= 15 is 0 Å². The Bertz CT molecular complexity index is 728. The molecule has 0 spiro atoms. The third-order valence-corrected chi connectivity index (χ3v) is 4.69. The van der Waals surface area contributed by atoms with Crippen molar-refractivity contribution in [2.24, 2.45) is 0 Å². The predicted molar refractivity (Wildman–Crippen MR) is 112 cm³/mol. The van der Waals surface area contributed by atoms with Crippen molar-refractivity contribution in [3.05, 3.63) is 23.3 Å². The van der Waals surface area contributed by atoms with E-state index in [0.717, 1.165) is 33.9 Å². The standard InChI is InChI=1S/C22H35N3O4/c1-7-25(14-21(27)24-22(4,5)6)13-20(26)23-12-17-11-19-16(9-15(3)29-19)10-18(17)28-8-2/h10-11,15H,7-9,12-14H2,1-6H3,(H,23,26)(H,24,27)/p+1/t15-/m0/s1. The molecular formula is C22H36N3O4+. The molecule has 0 aromatic heterocycles. The van der Waals surface area contributed by atoms with Crippen LogP contribution in [-0.4, -0.2) is 49.7 Å². The maximum Gasteiger partial charge on any atom is 0.275 e. The number of rotatable bonds is 9. The molecule has 1 aromatic rings. The molecule has 2 rings (SSSR count). The van der Waals surface area contributed by atoms with Crippen LogP contribution >= 0.6 is 0 Å². The second kappa shape index (κ2) is 9.96. The van der Waals surface area contributed by atoms with Crippen molar-refractivity contribution in [3.8, 4) is 11.5 Å². The van der Waals surface area contributed by atoms with Gasteiger partial charge in [-0.25, -0.2) is 0 Å². The Labute approximate surface area is 174 Å². The van der Waals surface area contributed by atoms with E-state index in [2.05, 4.69) is 10.6 Å². The van der Waals surface area contributed by atoms with Crippen molar-refractivity contribution in [1.29, 1.82) is 0 Å². The van der Waals surface area contributed by atoms with E-state index in [4.69, 9.17) is 9.47 Å². The van der Waals surface area contributed by atoms with E-state index in [1.165, 1.54) is 0 Å². The van der Waals surface area contributed by atoms with E-state index < -0.39 is 0 Å². The lowest BCUT2D eigenvalue weighted by molar-refractivity contribution is -0.881. The molecule has 162 valence electrons. The van der Waals surface area contributed by atoms with Crippen LogP contribution in [0.5, 0.6) is 11.5 Å². The zero-order valence-electron chi connectivity index (χ0n) is 18.6. The van der Waals surface area contributed by atoms with E-state index in [1.807, 2.05) is 53.7 Å². The maximum atomic E-state index is 12.5. The quantitative estimate of drug-likeness (QED) is 0.568. The smallest absolute Gasteiger partial charge is 0.275 e. The van der Waals surface area contributed by atoms with Gasteiger partial charge >= 0.3 is 0 Å². The Hall–Kier alpha value is -2.28. The third kappa shape index (κ3) is 7.24. The number of hydrogen-bond donors (Lipinski definition) is 3. The van der Waals surface area contributed by atoms with Crippen LogP contribution in [0.25, 0.3) is 0 Å². The average molecular weight is 407 g/mol. The summed E-state index contributed by atoms with van der Waals surface area (Å²) in [6.07, 6.45) is 1.03. The minimum absolute atomic E-state index is 0.0503. The molecule has 0 saturated heterocycles. The number of hydrogen-bond acceptors (Lipinski definition) is 4. The lowest BCUT2D eigenvalue weighted by Crippen LogP contribution is -3.14. The van der Waals surface area contributed by atoms with Gasteiger partial charge in [-0.15, -0.1) is 0 Å². The Morgan fingerprint density at radius 2 is 1.90 bits per heavy atom. The van der Waals surface area contributed by atoms with Crippen LogP contribution in [0, 0.1) is 0 Å². The van der Waals surface area contributed by atoms with Crippen molar-refractivity contribution in [2.45, 2.75) is 66.2 Å². The lowest BCUT2D eigenvalue weighted by atomic mass is 10.1. The zero-order chi connectivity index (χ0) is 21.6. The summed E-state index contributed by atoms with van der Waals surface area (Å²) in [5.41, 5.74) is 1.76. The van der Waals surface area contributed by atoms with Crippen molar-refractivity contribution in [1.82, 2.24) is 10.6 Å². The van der Waals surface area contributed by atoms with Gasteiger partial charge in [0, 0.05) is 29.6 Å². The number of carbonyl (C=O) groups is 2. The lowest BCUT2D eigenvalue weighted by Gasteiger charge is -2.23. The summed E-state index contributed by atoms with van der Waals surface area (Å²) in [7, 11) is 0. The van der Waals surface area contributed by atoms with Crippen LogP contribution in [-0.2, 0) is 22.6 Å². The fourth-order valence-electron chi connectivity index (χ4n) is 3.39. The second-order valence-electron chi connectivity index (χ2n) is 8.67. The fourth-order valence-corrected chi connectivity index (χ4v) is 3.39. The van der Waals surface area contributed by atoms with Crippen LogP contribution in [0.3, 0.4) is 0 Å². The van der Waals surface area contributed by atoms with Gasteiger partial charge in [0.1, 0.15) is 17.6 Å². The van der Waals surface area contributed by atoms with Crippen LogP contribution in [0.1, 0.15) is 52.7 Å². The number of likely N-dealkylation sites (N-methyl/N-ethyl adjacent to an activating group) is 1. The highest BCUT2D eigenvalue weighted by molar-refractivity contribution is 5.79. The van der Waals surface area contributed by atoms with Gasteiger partial charge in [-0.1, -0.05) is 0 Å². The summed E-state index contributed by atoms with van der Waals surface area (Å²) in [6, 6.07) is 3.98. The van der Waals surface area contributed by atoms with Gasteiger partial charge in [-0.05, 0) is 53.7 Å². The molecule has 0 bridgehead atoms. The van der Waals surface area contributed by atoms with Crippen molar-refractivity contribution < 1.29 is 24.0 Å². The Morgan fingerprint density at radius 1 is 1.21 bits per heavy atom. The van der Waals surface area contributed by atoms with E-state index in [9.17, 15) is 9.59 Å². The van der Waals surface area contributed by atoms with Crippen molar-refractivity contribution >= 4 is 11.8 Å². The first kappa shape index (κ1) is 23.0. The number of ether oxygens (including phenoxy) is 2. The molecule has 0 fully saturated rings. The van der Waals surface area contributed by atoms with Gasteiger partial charge in [0.05, 0.1) is 13.2 Å². The van der Waals surface area contributed by atoms with Crippen molar-refractivity contribution in [3.63, 3.8) is 0 Å². The molecule has 1 aliphatic rings. The van der Waals surface area contributed by atoms with Crippen LogP contribution in [0.2, 0.25) is 0 Å². The molecule has 3 N–H and O–H groups in total. The summed E-state index contributed by atoms with van der Waals surface area (Å²) in [4.78, 5) is 25.5. The number of quaternary nitrogens is 1. The molecule has 2 amide bonds. The maximum absolute atomic E-state index is 12.5. The molecule has 0 saturated carbocycles. The molecule has 29 heavy (non-hydrogen) atoms. The highest BCUT2D eigenvalue weighted by atomic mass is 16.5. The Morgan fingerprint density at radius 3 is 2.52 bits per heavy atom. The minimum atomic E-state index is -0.277. The molecule has 0 aliphatic carbocycles. The molecule has 1 aliphatic heterocycles. The van der Waals surface area contributed by atoms with Crippen LogP contribution in [0.15, 0.2) is 12.1 Å². The van der Waals surface area contributed by atoms with Gasteiger partial charge in [0.2, 0.25) is 0 Å². The number of carbonyl (C=O) groups excluding carboxylic acids is 2. The largest absolute Gasteiger partial charge is 0.494 e. The summed E-state index contributed by atoms with van der Waals surface area (Å²) >= 11 is 0. The van der Waals surface area contributed by atoms with E-state index in [0.29, 0.717) is 19.7 Å². The molecule has 1 unspecified atom stereocenters. The average Bonchev–Trinajstić information content (AvgIpc) is 2.96. The number of fused-ring (bicyclic) bond motifs is 1. The summed E-state index contributed by atoms with van der Waals surface area (Å²) in [6.45, 7) is 13.9. The summed E-state index contributed by atoms with van der Waals surface area (Å²) < 4.78 is 11.6. The molecular weight excluding hydrogens is 370 g/mol. The zero-order valence-corrected chi connectivity index (χ0v) is 18.6. The SMILES string of the molecule is CCOc1cc2c(cc1CNC(=O)C[NH+](CC)CC(=O)NC(C)(C)C)O[C@@H](C)C2. The number of amides is 2. The number of nitrogens with one attached hydrogen (secondary N) is 3. The van der Waals surface area contributed by atoms with Crippen LogP contribution in [0.4, 0.5) is 0 Å². The summed E-state index contributed by atoms with van der Waals surface area (Å²) in [5, 5.41) is 5.90. The van der Waals surface area contributed by atoms with Gasteiger partial charge in [0.25, 0.3) is 11.8 Å². The van der Waals surface area contributed by atoms with E-state index in [-0.39, 0.29) is 36.5 Å². The highest BCUT2D eigenvalue weighted by Crippen LogP contribution is 2.35. The fraction of sp³-hybridized carbons (Fsp3) is 0.636. The topological polar surface area (TPSA) is 81.1 Å². The molecule has 7 heteroatoms. The Kier molecular flexibility index (Phi) is 7.90. The van der Waals surface area contributed by atoms with Gasteiger partial charge in [-0.3, -0.25) is 9.59 Å². The second-order valence-corrected chi connectivity index (χ2v) is 8.67. The highest BCUT2D eigenvalue weighted by Gasteiger charge is 2.23. The Balaban J connectivity index is 1.94. The van der Waals surface area contributed by atoms with Gasteiger partial charge < -0.3 is 25.0 Å². The first-order valence-electron chi connectivity index (χ1n) is 10.5. The summed E-state index contributed by atoms with van der Waals surface area (Å²) in [5.74, 6) is 1.51. The predicted octanol–water partition coefficient (Wildman–Crippen LogP) is 0.844. The monoisotopic (exact) mass is 406 g/mol. The first-order chi connectivity index (χ1) is 13.6. The first-order valence-corrected chi connectivity index (χ1v) is 10.5. The van der Waals surface area contributed by atoms with E-state index in [1.54, 1.807) is 0 Å². The molecule has 0 radical (unpaired) electrons. The normalized spacial score (nSPS) is 16.6. The molecule has 1 heterocycles. The van der Waals surface area contributed by atoms with Crippen molar-refractivity contribution in [2.75, 3.05) is 26.2 Å². The number of benzene rings is 1. The minimum Gasteiger partial charge on any atom is -0.494 e. The van der Waals surface area contributed by atoms with Crippen LogP contribution < -0.4 is 25.0 Å². The third-order valence-electron chi connectivity index (χ3n) is 4.69. The van der Waals surface area contributed by atoms with Gasteiger partial charge in [0.15, 0.2) is 13.1 Å². The molecule has 2 atom stereocenters.